The van der Waals surface area contributed by atoms with Crippen LogP contribution in [0.4, 0.5) is 0 Å². The van der Waals surface area contributed by atoms with Crippen molar-refractivity contribution in [3.8, 4) is 0 Å². The van der Waals surface area contributed by atoms with E-state index < -0.39 is 12.1 Å². The Hall–Kier alpha value is -0.870. The maximum absolute atomic E-state index is 12.4. The predicted octanol–water partition coefficient (Wildman–Crippen LogP) is 13.9. The van der Waals surface area contributed by atoms with Crippen LogP contribution in [0.2, 0.25) is 0 Å². The molecule has 0 spiro atoms. The molecular formula is C45H89NO3. The predicted molar refractivity (Wildman–Crippen MR) is 216 cm³/mol. The number of hydrogen-bond donors (Lipinski definition) is 3. The third-order valence-electron chi connectivity index (χ3n) is 10.5. The Labute approximate surface area is 307 Å². The van der Waals surface area contributed by atoms with E-state index in [0.29, 0.717) is 12.8 Å². The summed E-state index contributed by atoms with van der Waals surface area (Å²) in [5.74, 6) is -0.0287. The largest absolute Gasteiger partial charge is 0.394 e. The molecule has 0 fully saturated rings. The van der Waals surface area contributed by atoms with Gasteiger partial charge in [0.1, 0.15) is 0 Å². The van der Waals surface area contributed by atoms with Crippen molar-refractivity contribution < 1.29 is 15.0 Å². The first-order chi connectivity index (χ1) is 24.2. The lowest BCUT2D eigenvalue weighted by Gasteiger charge is -2.22. The van der Waals surface area contributed by atoms with Gasteiger partial charge in [0.05, 0.1) is 18.8 Å². The molecule has 0 aliphatic carbocycles. The van der Waals surface area contributed by atoms with Crippen LogP contribution in [0, 0.1) is 0 Å². The summed E-state index contributed by atoms with van der Waals surface area (Å²) < 4.78 is 0. The Morgan fingerprint density at radius 3 is 1.12 bits per heavy atom. The van der Waals surface area contributed by atoms with E-state index in [2.05, 4.69) is 31.3 Å². The van der Waals surface area contributed by atoms with E-state index in [1.807, 2.05) is 0 Å². The SMILES string of the molecule is CCCCCCCC/C=C/CCCCCCCCCCCCCCCC(=O)N[C@@H](CO)[C@H](O)CCCCCCCCCCCCCCCC. The molecule has 292 valence electrons. The van der Waals surface area contributed by atoms with Crippen LogP contribution in [0.25, 0.3) is 0 Å². The quantitative estimate of drug-likeness (QED) is 0.0441. The van der Waals surface area contributed by atoms with Gasteiger partial charge in [-0.3, -0.25) is 4.79 Å². The molecule has 0 aromatic heterocycles. The maximum atomic E-state index is 12.4. The molecule has 0 aromatic carbocycles. The number of unbranched alkanes of at least 4 members (excludes halogenated alkanes) is 32. The highest BCUT2D eigenvalue weighted by Gasteiger charge is 2.20. The summed E-state index contributed by atoms with van der Waals surface area (Å²) >= 11 is 0. The summed E-state index contributed by atoms with van der Waals surface area (Å²) in [7, 11) is 0. The molecule has 0 heterocycles. The van der Waals surface area contributed by atoms with Crippen LogP contribution in [-0.4, -0.2) is 34.9 Å². The standard InChI is InChI=1S/C45H89NO3/c1-3-5-7-9-11-13-15-17-19-20-21-22-23-24-25-26-27-29-31-33-35-37-39-41-45(49)46-43(42-47)44(48)40-38-36-34-32-30-28-18-16-14-12-10-8-6-4-2/h17,19,43-44,47-48H,3-16,18,20-42H2,1-2H3,(H,46,49)/b19-17+/t43-,44+/m0/s1. The fraction of sp³-hybridized carbons (Fsp3) is 0.933. The normalized spacial score (nSPS) is 13.0. The van der Waals surface area contributed by atoms with Gasteiger partial charge in [0.2, 0.25) is 5.91 Å². The molecule has 0 aromatic rings. The van der Waals surface area contributed by atoms with Crippen molar-refractivity contribution in [2.24, 2.45) is 0 Å². The van der Waals surface area contributed by atoms with Crippen molar-refractivity contribution in [2.75, 3.05) is 6.61 Å². The Morgan fingerprint density at radius 2 is 0.776 bits per heavy atom. The minimum Gasteiger partial charge on any atom is -0.394 e. The number of carbonyl (C=O) groups excluding carboxylic acids is 1. The third kappa shape index (κ3) is 38.2. The molecular weight excluding hydrogens is 602 g/mol. The number of aliphatic hydroxyl groups excluding tert-OH is 2. The topological polar surface area (TPSA) is 69.6 Å². The Morgan fingerprint density at radius 1 is 0.469 bits per heavy atom. The van der Waals surface area contributed by atoms with Gasteiger partial charge in [-0.15, -0.1) is 0 Å². The van der Waals surface area contributed by atoms with Gasteiger partial charge in [-0.1, -0.05) is 219 Å². The fourth-order valence-corrected chi connectivity index (χ4v) is 7.06. The second kappa shape index (κ2) is 41.5. The number of carbonyl (C=O) groups is 1. The minimum absolute atomic E-state index is 0.0287. The second-order valence-corrected chi connectivity index (χ2v) is 15.5. The summed E-state index contributed by atoms with van der Waals surface area (Å²) in [4.78, 5) is 12.4. The van der Waals surface area contributed by atoms with Crippen LogP contribution in [0.3, 0.4) is 0 Å². The van der Waals surface area contributed by atoms with Gasteiger partial charge >= 0.3 is 0 Å². The molecule has 0 saturated carbocycles. The number of rotatable bonds is 41. The number of aliphatic hydroxyl groups is 2. The average molecular weight is 692 g/mol. The van der Waals surface area contributed by atoms with Gasteiger partial charge in [-0.25, -0.2) is 0 Å². The molecule has 0 aliphatic rings. The Balaban J connectivity index is 3.46. The summed E-state index contributed by atoms with van der Waals surface area (Å²) in [6, 6.07) is -0.531. The average Bonchev–Trinajstić information content (AvgIpc) is 3.10. The third-order valence-corrected chi connectivity index (χ3v) is 10.5. The molecule has 0 rings (SSSR count). The van der Waals surface area contributed by atoms with Gasteiger partial charge < -0.3 is 15.5 Å². The van der Waals surface area contributed by atoms with Crippen LogP contribution < -0.4 is 5.32 Å². The number of allylic oxidation sites excluding steroid dienone is 2. The summed E-state index contributed by atoms with van der Waals surface area (Å²) in [5.41, 5.74) is 0. The van der Waals surface area contributed by atoms with Crippen molar-refractivity contribution in [2.45, 2.75) is 264 Å². The molecule has 2 atom stereocenters. The van der Waals surface area contributed by atoms with Crippen molar-refractivity contribution >= 4 is 5.91 Å². The number of hydrogen-bond acceptors (Lipinski definition) is 3. The van der Waals surface area contributed by atoms with Crippen molar-refractivity contribution in [1.29, 1.82) is 0 Å². The van der Waals surface area contributed by atoms with Crippen LogP contribution >= 0.6 is 0 Å². The van der Waals surface area contributed by atoms with Crippen LogP contribution in [0.15, 0.2) is 12.2 Å². The van der Waals surface area contributed by atoms with Gasteiger partial charge in [0.25, 0.3) is 0 Å². The monoisotopic (exact) mass is 692 g/mol. The highest BCUT2D eigenvalue weighted by Crippen LogP contribution is 2.16. The lowest BCUT2D eigenvalue weighted by molar-refractivity contribution is -0.123. The molecule has 1 amide bonds. The Kier molecular flexibility index (Phi) is 40.8. The first kappa shape index (κ1) is 48.1. The van der Waals surface area contributed by atoms with Crippen LogP contribution in [-0.2, 0) is 4.79 Å². The van der Waals surface area contributed by atoms with Crippen molar-refractivity contribution in [3.63, 3.8) is 0 Å². The Bertz CT molecular complexity index is 666. The number of nitrogens with one attached hydrogen (secondary N) is 1. The molecule has 49 heavy (non-hydrogen) atoms. The summed E-state index contributed by atoms with van der Waals surface area (Å²) in [5, 5.41) is 23.2. The lowest BCUT2D eigenvalue weighted by atomic mass is 10.0. The fourth-order valence-electron chi connectivity index (χ4n) is 7.06. The zero-order valence-electron chi connectivity index (χ0n) is 33.5. The van der Waals surface area contributed by atoms with E-state index in [1.54, 1.807) is 0 Å². The molecule has 0 unspecified atom stereocenters. The van der Waals surface area contributed by atoms with Crippen molar-refractivity contribution in [3.05, 3.63) is 12.2 Å². The molecule has 0 saturated heterocycles. The van der Waals surface area contributed by atoms with E-state index in [-0.39, 0.29) is 12.5 Å². The summed E-state index contributed by atoms with van der Waals surface area (Å²) in [6.45, 7) is 4.37. The molecule has 0 aliphatic heterocycles. The van der Waals surface area contributed by atoms with E-state index >= 15 is 0 Å². The van der Waals surface area contributed by atoms with Gasteiger partial charge in [0.15, 0.2) is 0 Å². The smallest absolute Gasteiger partial charge is 0.220 e. The van der Waals surface area contributed by atoms with Crippen LogP contribution in [0.1, 0.15) is 251 Å². The van der Waals surface area contributed by atoms with Crippen molar-refractivity contribution in [1.82, 2.24) is 5.32 Å². The first-order valence-corrected chi connectivity index (χ1v) is 22.4. The maximum Gasteiger partial charge on any atom is 0.220 e. The summed E-state index contributed by atoms with van der Waals surface area (Å²) in [6.07, 6.45) is 51.5. The van der Waals surface area contributed by atoms with E-state index in [1.165, 1.54) is 199 Å². The highest BCUT2D eigenvalue weighted by molar-refractivity contribution is 5.76. The molecule has 0 radical (unpaired) electrons. The molecule has 4 nitrogen and oxygen atoms in total. The lowest BCUT2D eigenvalue weighted by Crippen LogP contribution is -2.45. The van der Waals surface area contributed by atoms with Gasteiger partial charge in [0, 0.05) is 6.42 Å². The molecule has 0 bridgehead atoms. The number of amides is 1. The zero-order chi connectivity index (χ0) is 35.7. The highest BCUT2D eigenvalue weighted by atomic mass is 16.3. The second-order valence-electron chi connectivity index (χ2n) is 15.5. The van der Waals surface area contributed by atoms with Gasteiger partial charge in [-0.2, -0.15) is 0 Å². The van der Waals surface area contributed by atoms with Gasteiger partial charge in [-0.05, 0) is 38.5 Å². The van der Waals surface area contributed by atoms with E-state index in [9.17, 15) is 15.0 Å². The van der Waals surface area contributed by atoms with Crippen LogP contribution in [0.5, 0.6) is 0 Å². The minimum atomic E-state index is -0.655. The van der Waals surface area contributed by atoms with E-state index in [0.717, 1.165) is 25.7 Å². The molecule has 4 heteroatoms. The zero-order valence-corrected chi connectivity index (χ0v) is 33.5. The first-order valence-electron chi connectivity index (χ1n) is 22.4. The molecule has 3 N–H and O–H groups in total. The van der Waals surface area contributed by atoms with E-state index in [4.69, 9.17) is 0 Å².